The van der Waals surface area contributed by atoms with Crippen molar-refractivity contribution in [2.45, 2.75) is 11.3 Å². The molecule has 1 aromatic rings. The number of benzene rings is 1. The highest BCUT2D eigenvalue weighted by atomic mass is 79.9. The van der Waals surface area contributed by atoms with Gasteiger partial charge < -0.3 is 0 Å². The second-order valence-electron chi connectivity index (χ2n) is 3.60. The largest absolute Gasteiger partial charge is 0.260 e. The van der Waals surface area contributed by atoms with Gasteiger partial charge in [-0.2, -0.15) is 0 Å². The normalized spacial score (nSPS) is 13.5. The molecule has 1 atom stereocenters. The molecule has 0 saturated heterocycles. The van der Waals surface area contributed by atoms with Crippen LogP contribution in [0.4, 0.5) is 0 Å². The van der Waals surface area contributed by atoms with Crippen LogP contribution in [0, 0.1) is 0 Å². The number of hydrogen-bond donors (Lipinski definition) is 1. The van der Waals surface area contributed by atoms with Crippen LogP contribution in [0.5, 0.6) is 0 Å². The average molecular weight is 375 g/mol. The Morgan fingerprint density at radius 2 is 2.11 bits per heavy atom. The Balaban J connectivity index is 2.68. The fourth-order valence-corrected chi connectivity index (χ4v) is 3.51. The van der Waals surface area contributed by atoms with Gasteiger partial charge in [0, 0.05) is 33.8 Å². The van der Waals surface area contributed by atoms with Crippen molar-refractivity contribution in [1.82, 2.24) is 4.72 Å². The summed E-state index contributed by atoms with van der Waals surface area (Å²) in [6.07, 6.45) is 2.13. The molecular formula is C10H13BrClNO3S2. The van der Waals surface area contributed by atoms with Gasteiger partial charge in [-0.05, 0) is 40.5 Å². The summed E-state index contributed by atoms with van der Waals surface area (Å²) in [6.45, 7) is 0.266. The third-order valence-electron chi connectivity index (χ3n) is 2.10. The maximum atomic E-state index is 11.9. The van der Waals surface area contributed by atoms with E-state index in [0.717, 1.165) is 0 Å². The Labute approximate surface area is 123 Å². The fourth-order valence-electron chi connectivity index (χ4n) is 1.21. The van der Waals surface area contributed by atoms with Crippen LogP contribution < -0.4 is 4.72 Å². The first-order chi connectivity index (χ1) is 8.33. The molecule has 0 aliphatic rings. The molecule has 0 amide bonds. The minimum Gasteiger partial charge on any atom is -0.260 e. The zero-order valence-corrected chi connectivity index (χ0v) is 13.6. The van der Waals surface area contributed by atoms with E-state index in [1.165, 1.54) is 18.2 Å². The van der Waals surface area contributed by atoms with Gasteiger partial charge in [0.1, 0.15) is 0 Å². The van der Waals surface area contributed by atoms with E-state index in [9.17, 15) is 12.6 Å². The summed E-state index contributed by atoms with van der Waals surface area (Å²) in [4.78, 5) is 0.149. The van der Waals surface area contributed by atoms with Gasteiger partial charge in [0.25, 0.3) is 0 Å². The fraction of sp³-hybridized carbons (Fsp3) is 0.400. The molecule has 0 bridgehead atoms. The molecule has 0 fully saturated rings. The molecule has 1 unspecified atom stereocenters. The summed E-state index contributed by atoms with van der Waals surface area (Å²) in [5, 5.41) is 0.454. The Hall–Kier alpha value is 0.0500. The lowest BCUT2D eigenvalue weighted by Gasteiger charge is -2.07. The van der Waals surface area contributed by atoms with Crippen LogP contribution in [0.15, 0.2) is 27.6 Å². The molecule has 1 N–H and O–H groups in total. The van der Waals surface area contributed by atoms with Gasteiger partial charge in [-0.25, -0.2) is 13.1 Å². The van der Waals surface area contributed by atoms with Crippen LogP contribution in [0.25, 0.3) is 0 Å². The third-order valence-corrected chi connectivity index (χ3v) is 5.64. The smallest absolute Gasteiger partial charge is 0.240 e. The standard InChI is InChI=1S/C10H13BrClNO3S2/c1-17(14)6-2-5-13-18(15,16)8-3-4-10(12)9(11)7-8/h3-4,7,13H,2,5-6H2,1H3. The molecule has 0 aromatic heterocycles. The van der Waals surface area contributed by atoms with Crippen molar-refractivity contribution < 1.29 is 12.6 Å². The van der Waals surface area contributed by atoms with E-state index in [0.29, 0.717) is 21.7 Å². The Morgan fingerprint density at radius 3 is 2.67 bits per heavy atom. The van der Waals surface area contributed by atoms with Crippen molar-refractivity contribution in [3.63, 3.8) is 0 Å². The predicted molar refractivity (Wildman–Crippen MR) is 77.9 cm³/mol. The molecule has 0 saturated carbocycles. The van der Waals surface area contributed by atoms with Gasteiger partial charge in [0.05, 0.1) is 9.92 Å². The predicted octanol–water partition coefficient (Wildman–Crippen LogP) is 2.15. The lowest BCUT2D eigenvalue weighted by atomic mass is 10.4. The summed E-state index contributed by atoms with van der Waals surface area (Å²) >= 11 is 8.97. The Morgan fingerprint density at radius 1 is 1.44 bits per heavy atom. The van der Waals surface area contributed by atoms with Crippen molar-refractivity contribution in [3.8, 4) is 0 Å². The molecule has 0 heterocycles. The van der Waals surface area contributed by atoms with Gasteiger partial charge in [-0.15, -0.1) is 0 Å². The number of nitrogens with one attached hydrogen (secondary N) is 1. The summed E-state index contributed by atoms with van der Waals surface area (Å²) in [6, 6.07) is 4.40. The van der Waals surface area contributed by atoms with Crippen LogP contribution in [-0.2, 0) is 20.8 Å². The topological polar surface area (TPSA) is 63.2 Å². The highest BCUT2D eigenvalue weighted by Crippen LogP contribution is 2.25. The zero-order valence-electron chi connectivity index (χ0n) is 9.65. The van der Waals surface area contributed by atoms with Crippen LogP contribution in [-0.4, -0.2) is 31.2 Å². The number of rotatable bonds is 6. The molecule has 1 rings (SSSR count). The van der Waals surface area contributed by atoms with E-state index in [2.05, 4.69) is 20.7 Å². The quantitative estimate of drug-likeness (QED) is 0.776. The lowest BCUT2D eigenvalue weighted by molar-refractivity contribution is 0.580. The van der Waals surface area contributed by atoms with Gasteiger partial charge in [0.2, 0.25) is 10.0 Å². The van der Waals surface area contributed by atoms with Crippen molar-refractivity contribution in [3.05, 3.63) is 27.7 Å². The van der Waals surface area contributed by atoms with Crippen molar-refractivity contribution >= 4 is 48.4 Å². The Kier molecular flexibility index (Phi) is 6.26. The molecule has 102 valence electrons. The first-order valence-electron chi connectivity index (χ1n) is 5.07. The average Bonchev–Trinajstić information content (AvgIpc) is 2.28. The lowest BCUT2D eigenvalue weighted by Crippen LogP contribution is -2.25. The summed E-state index contributed by atoms with van der Waals surface area (Å²) in [5.41, 5.74) is 0. The highest BCUT2D eigenvalue weighted by Gasteiger charge is 2.14. The summed E-state index contributed by atoms with van der Waals surface area (Å²) in [7, 11) is -4.44. The number of sulfonamides is 1. The van der Waals surface area contributed by atoms with E-state index in [4.69, 9.17) is 11.6 Å². The van der Waals surface area contributed by atoms with E-state index in [-0.39, 0.29) is 11.4 Å². The first kappa shape index (κ1) is 16.1. The number of hydrogen-bond acceptors (Lipinski definition) is 3. The van der Waals surface area contributed by atoms with Crippen molar-refractivity contribution in [1.29, 1.82) is 0 Å². The molecule has 0 aliphatic heterocycles. The second-order valence-corrected chi connectivity index (χ2v) is 8.19. The van der Waals surface area contributed by atoms with Gasteiger partial charge in [-0.3, -0.25) is 4.21 Å². The molecule has 8 heteroatoms. The minimum absolute atomic E-state index is 0.149. The monoisotopic (exact) mass is 373 g/mol. The SMILES string of the molecule is CS(=O)CCCNS(=O)(=O)c1ccc(Cl)c(Br)c1. The van der Waals surface area contributed by atoms with Crippen LogP contribution in [0.1, 0.15) is 6.42 Å². The van der Waals surface area contributed by atoms with Gasteiger partial charge in [-0.1, -0.05) is 11.6 Å². The second kappa shape index (κ2) is 7.00. The molecule has 0 aliphatic carbocycles. The first-order valence-corrected chi connectivity index (χ1v) is 9.46. The van der Waals surface area contributed by atoms with Crippen LogP contribution in [0.2, 0.25) is 5.02 Å². The van der Waals surface area contributed by atoms with Crippen molar-refractivity contribution in [2.24, 2.45) is 0 Å². The number of halogens is 2. The van der Waals surface area contributed by atoms with E-state index < -0.39 is 20.8 Å². The Bertz CT molecular complexity index is 548. The van der Waals surface area contributed by atoms with Crippen LogP contribution >= 0.6 is 27.5 Å². The van der Waals surface area contributed by atoms with E-state index in [1.54, 1.807) is 6.26 Å². The minimum atomic E-state index is -3.54. The van der Waals surface area contributed by atoms with Crippen LogP contribution in [0.3, 0.4) is 0 Å². The zero-order chi connectivity index (χ0) is 13.8. The maximum Gasteiger partial charge on any atom is 0.240 e. The summed E-state index contributed by atoms with van der Waals surface area (Å²) < 4.78 is 37.6. The maximum absolute atomic E-state index is 11.9. The summed E-state index contributed by atoms with van der Waals surface area (Å²) in [5.74, 6) is 0.479. The highest BCUT2D eigenvalue weighted by molar-refractivity contribution is 9.10. The molecule has 0 radical (unpaired) electrons. The molecule has 1 aromatic carbocycles. The molecule has 18 heavy (non-hydrogen) atoms. The van der Waals surface area contributed by atoms with Crippen molar-refractivity contribution in [2.75, 3.05) is 18.6 Å². The van der Waals surface area contributed by atoms with E-state index in [1.807, 2.05) is 0 Å². The van der Waals surface area contributed by atoms with Gasteiger partial charge >= 0.3 is 0 Å². The van der Waals surface area contributed by atoms with E-state index >= 15 is 0 Å². The third kappa shape index (κ3) is 4.97. The molecular weight excluding hydrogens is 362 g/mol. The van der Waals surface area contributed by atoms with Gasteiger partial charge in [0.15, 0.2) is 0 Å². The molecule has 0 spiro atoms. The molecule has 4 nitrogen and oxygen atoms in total.